The lowest BCUT2D eigenvalue weighted by atomic mass is 10.0. The minimum atomic E-state index is 0.705. The second-order valence-electron chi connectivity index (χ2n) is 6.07. The number of likely N-dealkylation sites (tertiary alicyclic amines) is 1. The van der Waals surface area contributed by atoms with E-state index in [0.29, 0.717) is 6.04 Å². The Hall–Kier alpha value is -0.930. The van der Waals surface area contributed by atoms with Crippen LogP contribution in [0.2, 0.25) is 0 Å². The summed E-state index contributed by atoms with van der Waals surface area (Å²) in [4.78, 5) is 7.27. The van der Waals surface area contributed by atoms with E-state index in [1.165, 1.54) is 44.3 Å². The first-order valence-electron chi connectivity index (χ1n) is 7.71. The highest BCUT2D eigenvalue weighted by molar-refractivity contribution is 5.10. The molecule has 2 aliphatic rings. The Morgan fingerprint density at radius 1 is 1.26 bits per heavy atom. The average Bonchev–Trinajstić information content (AvgIpc) is 3.22. The van der Waals surface area contributed by atoms with Crippen LogP contribution in [0.4, 0.5) is 0 Å². The van der Waals surface area contributed by atoms with Gasteiger partial charge in [-0.3, -0.25) is 9.88 Å². The third kappa shape index (κ3) is 3.77. The van der Waals surface area contributed by atoms with Crippen molar-refractivity contribution in [2.45, 2.75) is 57.7 Å². The number of piperidine rings is 1. The van der Waals surface area contributed by atoms with Crippen LogP contribution in [0, 0.1) is 6.92 Å². The summed E-state index contributed by atoms with van der Waals surface area (Å²) in [5.74, 6) is 0. The van der Waals surface area contributed by atoms with Crippen molar-refractivity contribution in [2.75, 3.05) is 13.1 Å². The van der Waals surface area contributed by atoms with E-state index in [9.17, 15) is 0 Å². The van der Waals surface area contributed by atoms with Crippen molar-refractivity contribution in [3.05, 3.63) is 29.6 Å². The number of nitrogens with one attached hydrogen (secondary N) is 1. The quantitative estimate of drug-likeness (QED) is 0.880. The van der Waals surface area contributed by atoms with Gasteiger partial charge in [0, 0.05) is 30.9 Å². The number of aromatic nitrogens is 1. The van der Waals surface area contributed by atoms with E-state index in [0.717, 1.165) is 24.8 Å². The Balaban J connectivity index is 1.59. The van der Waals surface area contributed by atoms with Gasteiger partial charge in [0.05, 0.1) is 5.69 Å². The molecular formula is C16H25N3. The largest absolute Gasteiger partial charge is 0.312 e. The maximum Gasteiger partial charge on any atom is 0.0547 e. The van der Waals surface area contributed by atoms with Gasteiger partial charge in [0.25, 0.3) is 0 Å². The van der Waals surface area contributed by atoms with E-state index in [-0.39, 0.29) is 0 Å². The third-order valence-corrected chi connectivity index (χ3v) is 4.28. The number of hydrogen-bond donors (Lipinski definition) is 1. The fourth-order valence-electron chi connectivity index (χ4n) is 2.99. The van der Waals surface area contributed by atoms with Gasteiger partial charge in [-0.05, 0) is 51.3 Å². The number of aryl methyl sites for hydroxylation is 1. The summed E-state index contributed by atoms with van der Waals surface area (Å²) in [5.41, 5.74) is 2.35. The summed E-state index contributed by atoms with van der Waals surface area (Å²) < 4.78 is 0. The molecule has 0 amide bonds. The van der Waals surface area contributed by atoms with Gasteiger partial charge in [-0.25, -0.2) is 0 Å². The lowest BCUT2D eigenvalue weighted by molar-refractivity contribution is 0.135. The standard InChI is InChI=1S/C16H25N3/c1-13-5-4-6-15(18-13)12-19-10-3-2-7-16(19)11-17-14-8-9-14/h4-6,14,16-17H,2-3,7-12H2,1H3. The van der Waals surface area contributed by atoms with Gasteiger partial charge in [0.15, 0.2) is 0 Å². The first-order chi connectivity index (χ1) is 9.31. The Kier molecular flexibility index (Phi) is 4.14. The van der Waals surface area contributed by atoms with Crippen molar-refractivity contribution in [2.24, 2.45) is 0 Å². The minimum Gasteiger partial charge on any atom is -0.312 e. The molecule has 1 N–H and O–H groups in total. The van der Waals surface area contributed by atoms with Crippen LogP contribution in [-0.4, -0.2) is 35.1 Å². The van der Waals surface area contributed by atoms with Crippen molar-refractivity contribution in [1.82, 2.24) is 15.2 Å². The average molecular weight is 259 g/mol. The summed E-state index contributed by atoms with van der Waals surface area (Å²) in [6, 6.07) is 7.88. The third-order valence-electron chi connectivity index (χ3n) is 4.28. The van der Waals surface area contributed by atoms with E-state index in [1.807, 2.05) is 0 Å². The molecule has 1 unspecified atom stereocenters. The summed E-state index contributed by atoms with van der Waals surface area (Å²) in [6.07, 6.45) is 6.82. The van der Waals surface area contributed by atoms with Gasteiger partial charge in [-0.1, -0.05) is 12.5 Å². The first kappa shape index (κ1) is 13.1. The zero-order valence-corrected chi connectivity index (χ0v) is 11.9. The molecule has 0 aromatic carbocycles. The molecule has 1 aliphatic carbocycles. The first-order valence-corrected chi connectivity index (χ1v) is 7.71. The molecule has 1 saturated heterocycles. The summed E-state index contributed by atoms with van der Waals surface area (Å²) in [6.45, 7) is 5.48. The van der Waals surface area contributed by atoms with E-state index in [2.05, 4.69) is 40.3 Å². The molecule has 104 valence electrons. The highest BCUT2D eigenvalue weighted by Crippen LogP contribution is 2.22. The van der Waals surface area contributed by atoms with E-state index >= 15 is 0 Å². The van der Waals surface area contributed by atoms with Gasteiger partial charge in [-0.2, -0.15) is 0 Å². The van der Waals surface area contributed by atoms with Crippen molar-refractivity contribution >= 4 is 0 Å². The fraction of sp³-hybridized carbons (Fsp3) is 0.688. The summed E-state index contributed by atoms with van der Waals surface area (Å²) in [7, 11) is 0. The highest BCUT2D eigenvalue weighted by atomic mass is 15.2. The Bertz CT molecular complexity index is 414. The van der Waals surface area contributed by atoms with Crippen LogP contribution in [0.3, 0.4) is 0 Å². The highest BCUT2D eigenvalue weighted by Gasteiger charge is 2.26. The number of nitrogens with zero attached hydrogens (tertiary/aromatic N) is 2. The van der Waals surface area contributed by atoms with Crippen molar-refractivity contribution in [3.63, 3.8) is 0 Å². The van der Waals surface area contributed by atoms with Crippen molar-refractivity contribution < 1.29 is 0 Å². The van der Waals surface area contributed by atoms with E-state index < -0.39 is 0 Å². The maximum atomic E-state index is 4.65. The Morgan fingerprint density at radius 2 is 2.16 bits per heavy atom. The maximum absolute atomic E-state index is 4.65. The molecule has 1 atom stereocenters. The predicted molar refractivity (Wildman–Crippen MR) is 78.0 cm³/mol. The fourth-order valence-corrected chi connectivity index (χ4v) is 2.99. The van der Waals surface area contributed by atoms with Crippen LogP contribution < -0.4 is 5.32 Å². The van der Waals surface area contributed by atoms with Crippen LogP contribution in [0.5, 0.6) is 0 Å². The predicted octanol–water partition coefficient (Wildman–Crippen LogP) is 2.50. The monoisotopic (exact) mass is 259 g/mol. The lowest BCUT2D eigenvalue weighted by Gasteiger charge is -2.35. The van der Waals surface area contributed by atoms with Gasteiger partial charge < -0.3 is 5.32 Å². The molecule has 2 fully saturated rings. The van der Waals surface area contributed by atoms with Crippen LogP contribution in [0.25, 0.3) is 0 Å². The molecule has 1 aliphatic heterocycles. The van der Waals surface area contributed by atoms with Gasteiger partial charge >= 0.3 is 0 Å². The summed E-state index contributed by atoms with van der Waals surface area (Å²) in [5, 5.41) is 3.69. The molecule has 3 nitrogen and oxygen atoms in total. The molecule has 0 radical (unpaired) electrons. The van der Waals surface area contributed by atoms with Gasteiger partial charge in [0.1, 0.15) is 0 Å². The minimum absolute atomic E-state index is 0.705. The summed E-state index contributed by atoms with van der Waals surface area (Å²) >= 11 is 0. The number of hydrogen-bond acceptors (Lipinski definition) is 3. The van der Waals surface area contributed by atoms with Crippen LogP contribution >= 0.6 is 0 Å². The molecule has 3 heteroatoms. The van der Waals surface area contributed by atoms with Crippen molar-refractivity contribution in [3.8, 4) is 0 Å². The zero-order valence-electron chi connectivity index (χ0n) is 11.9. The molecule has 1 saturated carbocycles. The smallest absolute Gasteiger partial charge is 0.0547 e. The zero-order chi connectivity index (χ0) is 13.1. The van der Waals surface area contributed by atoms with Gasteiger partial charge in [-0.15, -0.1) is 0 Å². The topological polar surface area (TPSA) is 28.2 Å². The molecule has 19 heavy (non-hydrogen) atoms. The van der Waals surface area contributed by atoms with E-state index in [1.54, 1.807) is 0 Å². The van der Waals surface area contributed by atoms with Gasteiger partial charge in [0.2, 0.25) is 0 Å². The second-order valence-corrected chi connectivity index (χ2v) is 6.07. The Labute approximate surface area is 116 Å². The molecule has 0 bridgehead atoms. The number of rotatable bonds is 5. The van der Waals surface area contributed by atoms with Crippen LogP contribution in [-0.2, 0) is 6.54 Å². The molecule has 3 rings (SSSR count). The lowest BCUT2D eigenvalue weighted by Crippen LogP contribution is -2.45. The normalized spacial score (nSPS) is 24.6. The molecule has 1 aromatic rings. The van der Waals surface area contributed by atoms with Crippen LogP contribution in [0.15, 0.2) is 18.2 Å². The second kappa shape index (κ2) is 6.02. The molecule has 1 aromatic heterocycles. The van der Waals surface area contributed by atoms with E-state index in [4.69, 9.17) is 0 Å². The van der Waals surface area contributed by atoms with Crippen molar-refractivity contribution in [1.29, 1.82) is 0 Å². The molecule has 0 spiro atoms. The van der Waals surface area contributed by atoms with Crippen LogP contribution in [0.1, 0.15) is 43.5 Å². The molecular weight excluding hydrogens is 234 g/mol. The Morgan fingerprint density at radius 3 is 2.95 bits per heavy atom. The SMILES string of the molecule is Cc1cccc(CN2CCCCC2CNC2CC2)n1. The molecule has 2 heterocycles. The number of pyridine rings is 1.